The average molecular weight is 589 g/mol. The van der Waals surface area contributed by atoms with E-state index in [1.54, 1.807) is 24.7 Å². The fraction of sp³-hybridized carbons (Fsp3) is 0.571. The predicted octanol–water partition coefficient (Wildman–Crippen LogP) is 5.66. The van der Waals surface area contributed by atoms with E-state index >= 15 is 0 Å². The van der Waals surface area contributed by atoms with Gasteiger partial charge in [0.1, 0.15) is 18.5 Å². The van der Waals surface area contributed by atoms with Crippen molar-refractivity contribution in [3.8, 4) is 0 Å². The number of ether oxygens (including phenoxy) is 4. The maximum Gasteiger partial charge on any atom is 0.338 e. The van der Waals surface area contributed by atoms with Crippen molar-refractivity contribution in [1.29, 1.82) is 0 Å². The first kappa shape index (κ1) is 28.5. The minimum absolute atomic E-state index is 0.113. The van der Waals surface area contributed by atoms with Crippen LogP contribution in [0, 0.1) is 28.1 Å². The highest BCUT2D eigenvalue weighted by Gasteiger charge is 2.78. The highest BCUT2D eigenvalue weighted by molar-refractivity contribution is 5.89. The van der Waals surface area contributed by atoms with Crippen LogP contribution in [0.4, 0.5) is 0 Å². The average Bonchev–Trinajstić information content (AvgIpc) is 3.75. The summed E-state index contributed by atoms with van der Waals surface area (Å²) in [6.45, 7) is 10.5. The topological polar surface area (TPSA) is 101 Å². The van der Waals surface area contributed by atoms with Gasteiger partial charge in [0.2, 0.25) is 0 Å². The van der Waals surface area contributed by atoms with Gasteiger partial charge in [-0.1, -0.05) is 44.5 Å². The van der Waals surface area contributed by atoms with Gasteiger partial charge < -0.3 is 28.2 Å². The maximum absolute atomic E-state index is 13.6. The number of esters is 2. The molecule has 0 amide bonds. The highest BCUT2D eigenvalue weighted by Crippen LogP contribution is 2.73. The standard InChI is InChI=1S/C35H40O8/c1-19-23(22-12-14-39-17-22)15-24-28(19)35(5)25(11-13-36)34(4)27(43-32(38)21-9-7-6-8-10-21)16-26(41-20(2)37)33(3)18-40-29(30(33)34)31(35)42-24/h6-10,12-14,17,23-27,29-31H,11,15-16,18H2,1-5H3/t23-,24?,25-,26-,27+,29-,30?,31-,33-,34+,35-/m1/s1. The van der Waals surface area contributed by atoms with Gasteiger partial charge >= 0.3 is 11.9 Å². The molecule has 2 saturated carbocycles. The molecule has 0 radical (unpaired) electrons. The Bertz CT molecular complexity index is 1460. The van der Waals surface area contributed by atoms with Gasteiger partial charge in [-0.05, 0) is 48.6 Å². The molecule has 8 nitrogen and oxygen atoms in total. The molecule has 2 aliphatic heterocycles. The van der Waals surface area contributed by atoms with Crippen molar-refractivity contribution in [2.45, 2.75) is 90.3 Å². The van der Waals surface area contributed by atoms with Crippen LogP contribution in [0.5, 0.6) is 0 Å². The molecule has 11 atom stereocenters. The molecule has 4 fully saturated rings. The van der Waals surface area contributed by atoms with Gasteiger partial charge in [0, 0.05) is 47.8 Å². The molecule has 3 aliphatic carbocycles. The largest absolute Gasteiger partial charge is 0.472 e. The van der Waals surface area contributed by atoms with Crippen LogP contribution in [-0.2, 0) is 28.5 Å². The van der Waals surface area contributed by atoms with Crippen LogP contribution >= 0.6 is 0 Å². The van der Waals surface area contributed by atoms with Gasteiger partial charge in [-0.15, -0.1) is 0 Å². The number of fused-ring (bicyclic) bond motifs is 4. The smallest absolute Gasteiger partial charge is 0.338 e. The summed E-state index contributed by atoms with van der Waals surface area (Å²) >= 11 is 0. The molecule has 1 aromatic carbocycles. The van der Waals surface area contributed by atoms with Crippen molar-refractivity contribution >= 4 is 18.2 Å². The van der Waals surface area contributed by atoms with Crippen molar-refractivity contribution in [1.82, 2.24) is 0 Å². The Kier molecular flexibility index (Phi) is 6.57. The van der Waals surface area contributed by atoms with Gasteiger partial charge in [-0.25, -0.2) is 4.79 Å². The lowest BCUT2D eigenvalue weighted by molar-refractivity contribution is -0.244. The van der Waals surface area contributed by atoms with E-state index in [1.807, 2.05) is 24.3 Å². The Balaban J connectivity index is 1.38. The second-order valence-corrected chi connectivity index (χ2v) is 13.9. The zero-order chi connectivity index (χ0) is 30.3. The minimum Gasteiger partial charge on any atom is -0.472 e. The number of furan rings is 1. The van der Waals surface area contributed by atoms with Gasteiger partial charge in [0.15, 0.2) is 0 Å². The third-order valence-electron chi connectivity index (χ3n) is 12.0. The van der Waals surface area contributed by atoms with Gasteiger partial charge in [-0.3, -0.25) is 4.79 Å². The third kappa shape index (κ3) is 3.84. The zero-order valence-electron chi connectivity index (χ0n) is 25.4. The maximum atomic E-state index is 13.6. The second-order valence-electron chi connectivity index (χ2n) is 13.9. The van der Waals surface area contributed by atoms with Crippen LogP contribution in [0.25, 0.3) is 0 Å². The monoisotopic (exact) mass is 588 g/mol. The van der Waals surface area contributed by atoms with E-state index in [4.69, 9.17) is 23.4 Å². The first-order valence-electron chi connectivity index (χ1n) is 15.4. The number of aldehydes is 1. The molecule has 0 spiro atoms. The Morgan fingerprint density at radius 1 is 1.05 bits per heavy atom. The van der Waals surface area contributed by atoms with Crippen molar-refractivity contribution in [2.75, 3.05) is 6.61 Å². The summed E-state index contributed by atoms with van der Waals surface area (Å²) < 4.78 is 31.6. The summed E-state index contributed by atoms with van der Waals surface area (Å²) in [5.74, 6) is -1.04. The molecular weight excluding hydrogens is 548 g/mol. The molecule has 43 heavy (non-hydrogen) atoms. The zero-order valence-corrected chi connectivity index (χ0v) is 25.4. The fourth-order valence-corrected chi connectivity index (χ4v) is 10.4. The Labute approximate surface area is 252 Å². The number of benzene rings is 1. The number of carbonyl (C=O) groups is 3. The molecule has 1 aromatic heterocycles. The summed E-state index contributed by atoms with van der Waals surface area (Å²) in [6.07, 6.45) is 4.05. The van der Waals surface area contributed by atoms with Crippen molar-refractivity contribution in [2.24, 2.45) is 28.1 Å². The molecule has 2 unspecified atom stereocenters. The van der Waals surface area contributed by atoms with Gasteiger partial charge in [0.05, 0.1) is 43.0 Å². The molecule has 2 saturated heterocycles. The first-order chi connectivity index (χ1) is 20.5. The van der Waals surface area contributed by atoms with E-state index in [9.17, 15) is 14.4 Å². The number of carbonyl (C=O) groups excluding carboxylic acids is 3. The van der Waals surface area contributed by atoms with Crippen LogP contribution in [0.2, 0.25) is 0 Å². The van der Waals surface area contributed by atoms with Gasteiger partial charge in [-0.2, -0.15) is 0 Å². The normalized spacial score (nSPS) is 42.6. The number of hydrogen-bond acceptors (Lipinski definition) is 8. The van der Waals surface area contributed by atoms with Crippen molar-refractivity contribution < 1.29 is 37.7 Å². The lowest BCUT2D eigenvalue weighted by atomic mass is 9.40. The lowest BCUT2D eigenvalue weighted by Gasteiger charge is -2.65. The van der Waals surface area contributed by atoms with Crippen LogP contribution in [0.15, 0.2) is 64.5 Å². The molecule has 0 bridgehead atoms. The Morgan fingerprint density at radius 3 is 2.49 bits per heavy atom. The Morgan fingerprint density at radius 2 is 1.81 bits per heavy atom. The summed E-state index contributed by atoms with van der Waals surface area (Å²) in [5.41, 5.74) is 2.30. The lowest BCUT2D eigenvalue weighted by Crippen LogP contribution is -2.70. The summed E-state index contributed by atoms with van der Waals surface area (Å²) in [6, 6.07) is 11.0. The summed E-state index contributed by atoms with van der Waals surface area (Å²) in [7, 11) is 0. The van der Waals surface area contributed by atoms with Crippen molar-refractivity contribution in [3.05, 3.63) is 71.2 Å². The van der Waals surface area contributed by atoms with E-state index in [2.05, 4.69) is 27.7 Å². The summed E-state index contributed by atoms with van der Waals surface area (Å²) in [5, 5.41) is 0. The van der Waals surface area contributed by atoms with Crippen LogP contribution < -0.4 is 0 Å². The van der Waals surface area contributed by atoms with Gasteiger partial charge in [0.25, 0.3) is 0 Å². The fourth-order valence-electron chi connectivity index (χ4n) is 10.4. The van der Waals surface area contributed by atoms with Crippen LogP contribution in [0.3, 0.4) is 0 Å². The third-order valence-corrected chi connectivity index (χ3v) is 12.0. The highest BCUT2D eigenvalue weighted by atomic mass is 16.6. The van der Waals surface area contributed by atoms with Crippen molar-refractivity contribution in [3.63, 3.8) is 0 Å². The number of allylic oxidation sites excluding steroid dienone is 1. The molecular formula is C35H40O8. The van der Waals surface area contributed by atoms with E-state index in [-0.39, 0.29) is 48.5 Å². The molecule has 8 heteroatoms. The Hall–Kier alpha value is -3.23. The SMILES string of the molecule is CC(=O)O[C@@H]1C[C@H](OC(=O)c2ccccc2)[C@@]2(C)C3[C@@H](OC[C@@]31C)[C@H]1OC3C[C@@H](c4ccoc4)C(C)=C3[C@@]1(C)[C@@H]2CC=O. The van der Waals surface area contributed by atoms with E-state index < -0.39 is 34.4 Å². The first-order valence-corrected chi connectivity index (χ1v) is 15.4. The van der Waals surface area contributed by atoms with E-state index in [0.29, 0.717) is 18.6 Å². The number of hydrogen-bond donors (Lipinski definition) is 0. The summed E-state index contributed by atoms with van der Waals surface area (Å²) in [4.78, 5) is 38.6. The quantitative estimate of drug-likeness (QED) is 0.242. The van der Waals surface area contributed by atoms with E-state index in [1.165, 1.54) is 18.1 Å². The minimum atomic E-state index is -0.678. The second kappa shape index (κ2) is 9.89. The molecule has 3 heterocycles. The molecule has 0 N–H and O–H groups in total. The molecule has 5 aliphatic rings. The van der Waals surface area contributed by atoms with Crippen LogP contribution in [-0.4, -0.2) is 55.4 Å². The molecule has 2 aromatic rings. The number of rotatable bonds is 6. The van der Waals surface area contributed by atoms with Crippen LogP contribution in [0.1, 0.15) is 75.7 Å². The molecule has 228 valence electrons. The predicted molar refractivity (Wildman–Crippen MR) is 155 cm³/mol. The molecule has 7 rings (SSSR count). The van der Waals surface area contributed by atoms with E-state index in [0.717, 1.165) is 18.3 Å².